The number of rotatable bonds is 4. The highest BCUT2D eigenvalue weighted by atomic mass is 16.5. The molecule has 98 valence electrons. The molecule has 1 atom stereocenters. The molecule has 1 aromatic carbocycles. The third-order valence-electron chi connectivity index (χ3n) is 2.26. The molecule has 0 fully saturated rings. The van der Waals surface area contributed by atoms with Gasteiger partial charge in [0.25, 0.3) is 0 Å². The fourth-order valence-electron chi connectivity index (χ4n) is 1.48. The first-order valence-corrected chi connectivity index (χ1v) is 5.74. The van der Waals surface area contributed by atoms with E-state index in [0.717, 1.165) is 0 Å². The number of hydrogen-bond acceptors (Lipinski definition) is 3. The highest BCUT2D eigenvalue weighted by Crippen LogP contribution is 2.13. The van der Waals surface area contributed by atoms with Crippen LogP contribution in [-0.2, 0) is 9.53 Å². The molecule has 0 spiro atoms. The summed E-state index contributed by atoms with van der Waals surface area (Å²) in [6.07, 6.45) is 0. The molecule has 0 aliphatic rings. The van der Waals surface area contributed by atoms with E-state index < -0.39 is 18.0 Å². The first kappa shape index (κ1) is 14.0. The zero-order valence-corrected chi connectivity index (χ0v) is 10.8. The fraction of sp³-hybridized carbons (Fsp3) is 0.385. The minimum absolute atomic E-state index is 0.000861. The van der Waals surface area contributed by atoms with Gasteiger partial charge in [-0.15, -0.1) is 0 Å². The quantitative estimate of drug-likeness (QED) is 0.798. The van der Waals surface area contributed by atoms with Crippen molar-refractivity contribution >= 4 is 12.0 Å². The normalized spacial score (nSPS) is 11.8. The van der Waals surface area contributed by atoms with Gasteiger partial charge in [-0.1, -0.05) is 30.3 Å². The van der Waals surface area contributed by atoms with Crippen molar-refractivity contribution < 1.29 is 14.3 Å². The Morgan fingerprint density at radius 3 is 2.22 bits per heavy atom. The van der Waals surface area contributed by atoms with Crippen LogP contribution in [0.15, 0.2) is 30.3 Å². The molecule has 0 bridgehead atoms. The van der Waals surface area contributed by atoms with Crippen LogP contribution in [0.1, 0.15) is 25.5 Å². The average Bonchev–Trinajstić information content (AvgIpc) is 2.35. The number of carbonyl (C=O) groups is 2. The number of nitrogens with one attached hydrogen (secondary N) is 2. The molecule has 1 aromatic rings. The number of urea groups is 1. The SMILES string of the molecule is COC(=O)[C@H](NC(=O)NC(C)C)c1ccccc1. The van der Waals surface area contributed by atoms with Gasteiger partial charge in [0.1, 0.15) is 0 Å². The van der Waals surface area contributed by atoms with Crippen LogP contribution in [0.3, 0.4) is 0 Å². The summed E-state index contributed by atoms with van der Waals surface area (Å²) in [6, 6.07) is 7.76. The summed E-state index contributed by atoms with van der Waals surface area (Å²) in [6.45, 7) is 3.69. The van der Waals surface area contributed by atoms with Crippen molar-refractivity contribution in [3.8, 4) is 0 Å². The minimum Gasteiger partial charge on any atom is -0.467 e. The highest BCUT2D eigenvalue weighted by molar-refractivity contribution is 5.84. The second kappa shape index (κ2) is 6.64. The monoisotopic (exact) mass is 250 g/mol. The minimum atomic E-state index is -0.796. The zero-order chi connectivity index (χ0) is 13.5. The van der Waals surface area contributed by atoms with Crippen LogP contribution in [0.25, 0.3) is 0 Å². The van der Waals surface area contributed by atoms with Crippen LogP contribution >= 0.6 is 0 Å². The number of hydrogen-bond donors (Lipinski definition) is 2. The summed E-state index contributed by atoms with van der Waals surface area (Å²) in [4.78, 5) is 23.3. The molecule has 0 radical (unpaired) electrons. The molecule has 0 saturated carbocycles. The Balaban J connectivity index is 2.80. The molecule has 5 heteroatoms. The molecule has 0 heterocycles. The molecule has 2 amide bonds. The Morgan fingerprint density at radius 1 is 1.11 bits per heavy atom. The second-order valence-electron chi connectivity index (χ2n) is 4.14. The van der Waals surface area contributed by atoms with Gasteiger partial charge in [0.05, 0.1) is 7.11 Å². The first-order chi connectivity index (χ1) is 8.54. The van der Waals surface area contributed by atoms with Gasteiger partial charge in [-0.05, 0) is 19.4 Å². The van der Waals surface area contributed by atoms with E-state index in [9.17, 15) is 9.59 Å². The van der Waals surface area contributed by atoms with E-state index in [1.165, 1.54) is 7.11 Å². The molecule has 0 aliphatic carbocycles. The van der Waals surface area contributed by atoms with Gasteiger partial charge in [0, 0.05) is 6.04 Å². The lowest BCUT2D eigenvalue weighted by Gasteiger charge is -2.18. The van der Waals surface area contributed by atoms with Crippen molar-refractivity contribution in [2.75, 3.05) is 7.11 Å². The van der Waals surface area contributed by atoms with Gasteiger partial charge in [-0.25, -0.2) is 9.59 Å². The van der Waals surface area contributed by atoms with Crippen LogP contribution in [0.2, 0.25) is 0 Å². The standard InChI is InChI=1S/C13H18N2O3/c1-9(2)14-13(17)15-11(12(16)18-3)10-7-5-4-6-8-10/h4-9,11H,1-3H3,(H2,14,15,17)/t11-/m1/s1. The Kier molecular flexibility index (Phi) is 5.17. The molecule has 0 aromatic heterocycles. The molecule has 1 rings (SSSR count). The van der Waals surface area contributed by atoms with Crippen molar-refractivity contribution in [3.63, 3.8) is 0 Å². The number of benzene rings is 1. The number of methoxy groups -OCH3 is 1. The lowest BCUT2D eigenvalue weighted by atomic mass is 10.1. The van der Waals surface area contributed by atoms with Crippen molar-refractivity contribution in [2.24, 2.45) is 0 Å². The molecule has 0 aliphatic heterocycles. The molecular weight excluding hydrogens is 232 g/mol. The van der Waals surface area contributed by atoms with Crippen molar-refractivity contribution in [1.82, 2.24) is 10.6 Å². The van der Waals surface area contributed by atoms with E-state index in [4.69, 9.17) is 4.74 Å². The predicted octanol–water partition coefficient (Wildman–Crippen LogP) is 1.61. The lowest BCUT2D eigenvalue weighted by molar-refractivity contribution is -0.143. The molecule has 0 unspecified atom stereocenters. The fourth-order valence-corrected chi connectivity index (χ4v) is 1.48. The second-order valence-corrected chi connectivity index (χ2v) is 4.14. The summed E-state index contributed by atoms with van der Waals surface area (Å²) in [7, 11) is 1.29. The Labute approximate surface area is 107 Å². The number of amides is 2. The summed E-state index contributed by atoms with van der Waals surface area (Å²) >= 11 is 0. The maximum Gasteiger partial charge on any atom is 0.333 e. The van der Waals surface area contributed by atoms with E-state index in [-0.39, 0.29) is 6.04 Å². The van der Waals surface area contributed by atoms with Crippen LogP contribution in [0.4, 0.5) is 4.79 Å². The average molecular weight is 250 g/mol. The van der Waals surface area contributed by atoms with Gasteiger partial charge in [0.2, 0.25) is 0 Å². The summed E-state index contributed by atoms with van der Waals surface area (Å²) in [5, 5.41) is 5.25. The van der Waals surface area contributed by atoms with Crippen LogP contribution in [0, 0.1) is 0 Å². The van der Waals surface area contributed by atoms with Gasteiger partial charge in [0.15, 0.2) is 6.04 Å². The van der Waals surface area contributed by atoms with Crippen LogP contribution in [-0.4, -0.2) is 25.2 Å². The molecule has 0 saturated heterocycles. The summed E-state index contributed by atoms with van der Waals surface area (Å²) in [5.41, 5.74) is 0.684. The molecule has 5 nitrogen and oxygen atoms in total. The van der Waals surface area contributed by atoms with E-state index >= 15 is 0 Å². The van der Waals surface area contributed by atoms with E-state index in [0.29, 0.717) is 5.56 Å². The van der Waals surface area contributed by atoms with E-state index in [1.807, 2.05) is 19.9 Å². The summed E-state index contributed by atoms with van der Waals surface area (Å²) < 4.78 is 4.69. The topological polar surface area (TPSA) is 67.4 Å². The predicted molar refractivity (Wildman–Crippen MR) is 68.0 cm³/mol. The molecular formula is C13H18N2O3. The van der Waals surface area contributed by atoms with Crippen molar-refractivity contribution in [1.29, 1.82) is 0 Å². The Morgan fingerprint density at radius 2 is 1.72 bits per heavy atom. The Hall–Kier alpha value is -2.04. The molecule has 2 N–H and O–H groups in total. The largest absolute Gasteiger partial charge is 0.467 e. The van der Waals surface area contributed by atoms with Gasteiger partial charge in [-0.3, -0.25) is 0 Å². The smallest absolute Gasteiger partial charge is 0.333 e. The van der Waals surface area contributed by atoms with Crippen molar-refractivity contribution in [2.45, 2.75) is 25.9 Å². The van der Waals surface area contributed by atoms with Crippen molar-refractivity contribution in [3.05, 3.63) is 35.9 Å². The molecule has 18 heavy (non-hydrogen) atoms. The van der Waals surface area contributed by atoms with Gasteiger partial charge < -0.3 is 15.4 Å². The number of carbonyl (C=O) groups excluding carboxylic acids is 2. The van der Waals surface area contributed by atoms with Gasteiger partial charge in [-0.2, -0.15) is 0 Å². The maximum atomic E-state index is 11.7. The van der Waals surface area contributed by atoms with Gasteiger partial charge >= 0.3 is 12.0 Å². The van der Waals surface area contributed by atoms with E-state index in [1.54, 1.807) is 24.3 Å². The summed E-state index contributed by atoms with van der Waals surface area (Å²) in [5.74, 6) is -0.500. The highest BCUT2D eigenvalue weighted by Gasteiger charge is 2.23. The Bertz CT molecular complexity index is 404. The third-order valence-corrected chi connectivity index (χ3v) is 2.26. The lowest BCUT2D eigenvalue weighted by Crippen LogP contribution is -2.43. The maximum absolute atomic E-state index is 11.7. The number of esters is 1. The van der Waals surface area contributed by atoms with Crippen LogP contribution in [0.5, 0.6) is 0 Å². The van der Waals surface area contributed by atoms with Crippen LogP contribution < -0.4 is 10.6 Å². The number of ether oxygens (including phenoxy) is 1. The third kappa shape index (κ3) is 4.08. The first-order valence-electron chi connectivity index (χ1n) is 5.74. The zero-order valence-electron chi connectivity index (χ0n) is 10.8. The van der Waals surface area contributed by atoms with E-state index in [2.05, 4.69) is 10.6 Å².